The fourth-order valence-electron chi connectivity index (χ4n) is 3.72. The van der Waals surface area contributed by atoms with E-state index in [0.717, 1.165) is 16.8 Å². The fourth-order valence-corrected chi connectivity index (χ4v) is 3.72. The molecule has 9 nitrogen and oxygen atoms in total. The molecule has 0 unspecified atom stereocenters. The topological polar surface area (TPSA) is 118 Å². The summed E-state index contributed by atoms with van der Waals surface area (Å²) in [5, 5.41) is 10.3. The SMILES string of the molecule is C=N/C(=C\C(=C/C)c1nc(-c2ccc(F)cc2)nc2cc(C(=O)NCCCc3ncn[nH]3)ccc12)OC. The van der Waals surface area contributed by atoms with Crippen LogP contribution in [0.2, 0.25) is 0 Å². The van der Waals surface area contributed by atoms with Gasteiger partial charge in [0.2, 0.25) is 5.88 Å². The zero-order chi connectivity index (χ0) is 26.2. The van der Waals surface area contributed by atoms with Crippen molar-refractivity contribution in [3.63, 3.8) is 0 Å². The molecule has 4 rings (SSSR count). The number of hydrogen-bond acceptors (Lipinski definition) is 7. The van der Waals surface area contributed by atoms with Crippen LogP contribution < -0.4 is 5.32 Å². The van der Waals surface area contributed by atoms with E-state index in [9.17, 15) is 9.18 Å². The molecule has 188 valence electrons. The van der Waals surface area contributed by atoms with Gasteiger partial charge in [-0.05, 0) is 62.5 Å². The second kappa shape index (κ2) is 11.8. The number of ether oxygens (including phenoxy) is 1. The van der Waals surface area contributed by atoms with Crippen LogP contribution in [-0.4, -0.2) is 51.4 Å². The number of aliphatic imine (C=N–C) groups is 1. The van der Waals surface area contributed by atoms with Gasteiger partial charge in [0, 0.05) is 41.1 Å². The molecule has 2 N–H and O–H groups in total. The standard InChI is InChI=1S/C27H26FN7O2/c1-4-17(15-24(29-2)37-3)25-21-12-9-19(27(36)30-13-5-6-23-31-16-32-35-23)14-22(21)33-26(34-25)18-7-10-20(28)11-8-18/h4,7-12,14-16H,2,5-6,13H2,1,3H3,(H,30,36)(H,31,32,35)/b17-4+,24-15+. The number of carbonyl (C=O) groups excluding carboxylic acids is 1. The van der Waals surface area contributed by atoms with E-state index in [-0.39, 0.29) is 11.7 Å². The van der Waals surface area contributed by atoms with Gasteiger partial charge in [-0.1, -0.05) is 6.08 Å². The van der Waals surface area contributed by atoms with Crippen molar-refractivity contribution in [1.82, 2.24) is 30.5 Å². The Hall–Kier alpha value is -4.73. The highest BCUT2D eigenvalue weighted by molar-refractivity contribution is 6.00. The van der Waals surface area contributed by atoms with Crippen molar-refractivity contribution in [2.45, 2.75) is 19.8 Å². The first kappa shape index (κ1) is 25.4. The number of nitrogens with zero attached hydrogens (tertiary/aromatic N) is 5. The second-order valence-corrected chi connectivity index (χ2v) is 8.02. The van der Waals surface area contributed by atoms with Gasteiger partial charge in [0.1, 0.15) is 18.0 Å². The molecule has 10 heteroatoms. The quantitative estimate of drug-likeness (QED) is 0.143. The maximum Gasteiger partial charge on any atom is 0.251 e. The molecule has 0 atom stereocenters. The third kappa shape index (κ3) is 6.10. The number of benzene rings is 2. The van der Waals surface area contributed by atoms with E-state index in [0.29, 0.717) is 53.4 Å². The van der Waals surface area contributed by atoms with Gasteiger partial charge < -0.3 is 10.1 Å². The smallest absolute Gasteiger partial charge is 0.251 e. The normalized spacial score (nSPS) is 12.0. The van der Waals surface area contributed by atoms with Gasteiger partial charge >= 0.3 is 0 Å². The van der Waals surface area contributed by atoms with Crippen LogP contribution in [-0.2, 0) is 11.2 Å². The van der Waals surface area contributed by atoms with Crippen molar-refractivity contribution in [2.75, 3.05) is 13.7 Å². The highest BCUT2D eigenvalue weighted by Crippen LogP contribution is 2.29. The number of fused-ring (bicyclic) bond motifs is 1. The monoisotopic (exact) mass is 499 g/mol. The van der Waals surface area contributed by atoms with E-state index in [1.807, 2.05) is 19.1 Å². The average Bonchev–Trinajstić information content (AvgIpc) is 3.45. The van der Waals surface area contributed by atoms with E-state index in [1.165, 1.54) is 25.6 Å². The molecule has 0 saturated heterocycles. The number of allylic oxidation sites excluding steroid dienone is 3. The maximum absolute atomic E-state index is 13.5. The predicted molar refractivity (Wildman–Crippen MR) is 140 cm³/mol. The van der Waals surface area contributed by atoms with Crippen molar-refractivity contribution in [1.29, 1.82) is 0 Å². The van der Waals surface area contributed by atoms with Gasteiger partial charge in [0.05, 0.1) is 18.3 Å². The molecule has 2 aromatic heterocycles. The van der Waals surface area contributed by atoms with Crippen LogP contribution in [0.15, 0.2) is 71.8 Å². The molecular formula is C27H26FN7O2. The summed E-state index contributed by atoms with van der Waals surface area (Å²) in [5.41, 5.74) is 3.01. The number of rotatable bonds is 10. The fraction of sp³-hybridized carbons (Fsp3) is 0.185. The molecule has 4 aromatic rings. The number of halogens is 1. The van der Waals surface area contributed by atoms with E-state index >= 15 is 0 Å². The van der Waals surface area contributed by atoms with Crippen LogP contribution in [0, 0.1) is 5.82 Å². The maximum atomic E-state index is 13.5. The van der Waals surface area contributed by atoms with Gasteiger partial charge in [-0.2, -0.15) is 5.10 Å². The Kier molecular flexibility index (Phi) is 8.09. The second-order valence-electron chi connectivity index (χ2n) is 8.02. The summed E-state index contributed by atoms with van der Waals surface area (Å²) in [6, 6.07) is 11.2. The summed E-state index contributed by atoms with van der Waals surface area (Å²) in [5.74, 6) is 0.919. The molecule has 0 aliphatic carbocycles. The van der Waals surface area contributed by atoms with Gasteiger partial charge in [-0.3, -0.25) is 9.89 Å². The predicted octanol–water partition coefficient (Wildman–Crippen LogP) is 4.51. The van der Waals surface area contributed by atoms with Crippen LogP contribution >= 0.6 is 0 Å². The zero-order valence-corrected chi connectivity index (χ0v) is 20.5. The van der Waals surface area contributed by atoms with Gasteiger partial charge in [-0.25, -0.2) is 24.3 Å². The molecule has 37 heavy (non-hydrogen) atoms. The Bertz CT molecular complexity index is 1460. The van der Waals surface area contributed by atoms with Crippen LogP contribution in [0.4, 0.5) is 4.39 Å². The number of aryl methyl sites for hydroxylation is 1. The molecule has 1 amide bonds. The summed E-state index contributed by atoms with van der Waals surface area (Å²) in [6.45, 7) is 5.88. The summed E-state index contributed by atoms with van der Waals surface area (Å²) in [4.78, 5) is 30.3. The molecule has 0 saturated carbocycles. The number of aromatic nitrogens is 5. The summed E-state index contributed by atoms with van der Waals surface area (Å²) < 4.78 is 18.8. The summed E-state index contributed by atoms with van der Waals surface area (Å²) in [6.07, 6.45) is 6.44. The van der Waals surface area contributed by atoms with Gasteiger partial charge in [-0.15, -0.1) is 0 Å². The van der Waals surface area contributed by atoms with Crippen LogP contribution in [0.3, 0.4) is 0 Å². The first-order valence-corrected chi connectivity index (χ1v) is 11.6. The third-order valence-corrected chi connectivity index (χ3v) is 5.63. The molecule has 2 heterocycles. The van der Waals surface area contributed by atoms with Crippen LogP contribution in [0.25, 0.3) is 27.9 Å². The van der Waals surface area contributed by atoms with E-state index in [2.05, 4.69) is 32.2 Å². The van der Waals surface area contributed by atoms with E-state index < -0.39 is 0 Å². The number of nitrogens with one attached hydrogen (secondary N) is 2. The number of aromatic amines is 1. The molecule has 0 aliphatic heterocycles. The minimum atomic E-state index is -0.356. The minimum absolute atomic E-state index is 0.216. The first-order chi connectivity index (χ1) is 18.0. The highest BCUT2D eigenvalue weighted by Gasteiger charge is 2.15. The lowest BCUT2D eigenvalue weighted by atomic mass is 10.0. The minimum Gasteiger partial charge on any atom is -0.481 e. The largest absolute Gasteiger partial charge is 0.481 e. The molecule has 0 spiro atoms. The van der Waals surface area contributed by atoms with Crippen LogP contribution in [0.1, 0.15) is 35.2 Å². The number of carbonyl (C=O) groups is 1. The van der Waals surface area contributed by atoms with Gasteiger partial charge in [0.25, 0.3) is 5.91 Å². The van der Waals surface area contributed by atoms with Crippen LogP contribution in [0.5, 0.6) is 0 Å². The Morgan fingerprint density at radius 3 is 2.70 bits per heavy atom. The molecule has 0 radical (unpaired) electrons. The third-order valence-electron chi connectivity index (χ3n) is 5.63. The molecule has 2 aromatic carbocycles. The van der Waals surface area contributed by atoms with Crippen molar-refractivity contribution < 1.29 is 13.9 Å². The number of amides is 1. The Morgan fingerprint density at radius 2 is 2.03 bits per heavy atom. The molecular weight excluding hydrogens is 473 g/mol. The highest BCUT2D eigenvalue weighted by atomic mass is 19.1. The number of hydrogen-bond donors (Lipinski definition) is 2. The molecule has 0 bridgehead atoms. The average molecular weight is 500 g/mol. The Labute approximate surface area is 213 Å². The Morgan fingerprint density at radius 1 is 1.22 bits per heavy atom. The number of H-pyrrole nitrogens is 1. The van der Waals surface area contributed by atoms with Crippen molar-refractivity contribution in [2.24, 2.45) is 4.99 Å². The lowest BCUT2D eigenvalue weighted by Crippen LogP contribution is -2.24. The first-order valence-electron chi connectivity index (χ1n) is 11.6. The summed E-state index contributed by atoms with van der Waals surface area (Å²) >= 11 is 0. The van der Waals surface area contributed by atoms with Gasteiger partial charge in [0.15, 0.2) is 5.82 Å². The van der Waals surface area contributed by atoms with Crippen molar-refractivity contribution in [3.05, 3.63) is 89.7 Å². The van der Waals surface area contributed by atoms with E-state index in [1.54, 1.807) is 30.3 Å². The zero-order valence-electron chi connectivity index (χ0n) is 20.5. The van der Waals surface area contributed by atoms with Crippen molar-refractivity contribution in [3.8, 4) is 11.4 Å². The lowest BCUT2D eigenvalue weighted by Gasteiger charge is -2.12. The lowest BCUT2D eigenvalue weighted by molar-refractivity contribution is 0.0953. The van der Waals surface area contributed by atoms with Crippen molar-refractivity contribution >= 4 is 29.1 Å². The Balaban J connectivity index is 1.70. The summed E-state index contributed by atoms with van der Waals surface area (Å²) in [7, 11) is 1.51. The molecule has 0 fully saturated rings. The number of methoxy groups -OCH3 is 1. The molecule has 0 aliphatic rings. The van der Waals surface area contributed by atoms with E-state index in [4.69, 9.17) is 14.7 Å².